The van der Waals surface area contributed by atoms with Crippen molar-refractivity contribution in [2.24, 2.45) is 0 Å². The molecule has 0 aromatic carbocycles. The molecule has 0 aliphatic heterocycles. The van der Waals surface area contributed by atoms with Gasteiger partial charge in [-0.3, -0.25) is 0 Å². The molecule has 0 rings (SSSR count). The fraction of sp³-hybridized carbons (Fsp3) is 1.00. The lowest BCUT2D eigenvalue weighted by Gasteiger charge is -2.35. The van der Waals surface area contributed by atoms with Gasteiger partial charge in [-0.15, -0.1) is 0 Å². The number of unbranched alkanes of at least 4 members (excludes halogenated alkanes) is 17. The average molecular weight is 555 g/mol. The predicted octanol–water partition coefficient (Wildman–Crippen LogP) is 12.0. The third-order valence-corrected chi connectivity index (χ3v) is 9.06. The van der Waals surface area contributed by atoms with E-state index >= 15 is 0 Å². The molecule has 0 bridgehead atoms. The van der Waals surface area contributed by atoms with Crippen LogP contribution in [0.3, 0.4) is 0 Å². The minimum atomic E-state index is 1.34. The summed E-state index contributed by atoms with van der Waals surface area (Å²) in [6.07, 6.45) is 32.5. The quantitative estimate of drug-likeness (QED) is 0.0637. The van der Waals surface area contributed by atoms with Crippen LogP contribution >= 0.6 is 0 Å². The summed E-state index contributed by atoms with van der Waals surface area (Å²) in [6.45, 7) is 22.3. The van der Waals surface area contributed by atoms with Gasteiger partial charge in [0.1, 0.15) is 0 Å². The summed E-state index contributed by atoms with van der Waals surface area (Å²) in [5.74, 6) is 0. The number of nitrogens with zero attached hydrogens (tertiary/aromatic N) is 2. The van der Waals surface area contributed by atoms with Crippen LogP contribution in [0.5, 0.6) is 0 Å². The molecule has 0 aromatic heterocycles. The van der Waals surface area contributed by atoms with E-state index in [4.69, 9.17) is 0 Å². The highest BCUT2D eigenvalue weighted by molar-refractivity contribution is 4.50. The van der Waals surface area contributed by atoms with Crippen molar-refractivity contribution in [1.29, 1.82) is 0 Å². The molecule has 0 fully saturated rings. The summed E-state index contributed by atoms with van der Waals surface area (Å²) < 4.78 is 2.69. The molecule has 0 aliphatic rings. The Morgan fingerprint density at radius 1 is 0.231 bits per heavy atom. The van der Waals surface area contributed by atoms with Gasteiger partial charge >= 0.3 is 0 Å². The number of rotatable bonds is 29. The Labute approximate surface area is 251 Å². The molecule has 238 valence electrons. The van der Waals surface area contributed by atoms with Crippen LogP contribution in [0.25, 0.3) is 0 Å². The molecule has 2 heteroatoms. The standard InChI is InChI=1S/C19H42N.C18H40N/c1-5-8-11-14-17-20(4,18-15-12-9-6-2)19-16-13-10-7-3;1-5-8-11-14-17-19(4,16-13-10-7-3)18-15-12-9-6-2/h5-19H2,1-4H3;5-18H2,1-4H3/q2*+1. The van der Waals surface area contributed by atoms with Crippen molar-refractivity contribution in [3.63, 3.8) is 0 Å². The molecule has 0 heterocycles. The SMILES string of the molecule is CCCCCC[N+](C)(CCCCC)CCCCCC.CCCCCC[N+](C)(CCCCCC)CCCCCC. The van der Waals surface area contributed by atoms with Crippen molar-refractivity contribution >= 4 is 0 Å². The predicted molar refractivity (Wildman–Crippen MR) is 182 cm³/mol. The van der Waals surface area contributed by atoms with Gasteiger partial charge in [0.05, 0.1) is 53.4 Å². The van der Waals surface area contributed by atoms with Gasteiger partial charge in [-0.25, -0.2) is 0 Å². The van der Waals surface area contributed by atoms with Crippen LogP contribution in [0.1, 0.15) is 189 Å². The van der Waals surface area contributed by atoms with Crippen molar-refractivity contribution < 1.29 is 8.97 Å². The lowest BCUT2D eigenvalue weighted by Crippen LogP contribution is -2.46. The third kappa shape index (κ3) is 29.2. The van der Waals surface area contributed by atoms with Crippen LogP contribution in [-0.4, -0.2) is 62.3 Å². The summed E-state index contributed by atoms with van der Waals surface area (Å²) in [4.78, 5) is 0. The number of hydrogen-bond acceptors (Lipinski definition) is 0. The monoisotopic (exact) mass is 555 g/mol. The van der Waals surface area contributed by atoms with Crippen molar-refractivity contribution in [3.05, 3.63) is 0 Å². The summed E-state index contributed by atoms with van der Waals surface area (Å²) >= 11 is 0. The molecule has 0 aliphatic carbocycles. The minimum absolute atomic E-state index is 1.34. The molecule has 2 nitrogen and oxygen atoms in total. The first-order chi connectivity index (χ1) is 18.9. The second-order valence-electron chi connectivity index (χ2n) is 13.6. The molecule has 0 radical (unpaired) electrons. The Morgan fingerprint density at radius 2 is 0.385 bits per heavy atom. The fourth-order valence-corrected chi connectivity index (χ4v) is 6.02. The van der Waals surface area contributed by atoms with Crippen LogP contribution in [0.15, 0.2) is 0 Å². The lowest BCUT2D eigenvalue weighted by molar-refractivity contribution is -0.910. The minimum Gasteiger partial charge on any atom is -0.326 e. The van der Waals surface area contributed by atoms with E-state index < -0.39 is 0 Å². The Balaban J connectivity index is 0. The van der Waals surface area contributed by atoms with Gasteiger partial charge in [-0.2, -0.15) is 0 Å². The first-order valence-corrected chi connectivity index (χ1v) is 18.5. The van der Waals surface area contributed by atoms with Crippen LogP contribution in [-0.2, 0) is 0 Å². The van der Waals surface area contributed by atoms with E-state index in [-0.39, 0.29) is 0 Å². The van der Waals surface area contributed by atoms with E-state index in [2.05, 4.69) is 55.6 Å². The van der Waals surface area contributed by atoms with E-state index in [1.165, 1.54) is 196 Å². The van der Waals surface area contributed by atoms with Gasteiger partial charge in [-0.1, -0.05) is 112 Å². The van der Waals surface area contributed by atoms with Crippen molar-refractivity contribution in [2.45, 2.75) is 189 Å². The number of hydrogen-bond donors (Lipinski definition) is 0. The van der Waals surface area contributed by atoms with Crippen LogP contribution in [0.4, 0.5) is 0 Å². The first-order valence-electron chi connectivity index (χ1n) is 18.5. The van der Waals surface area contributed by atoms with E-state index in [0.717, 1.165) is 0 Å². The molecule has 0 unspecified atom stereocenters. The maximum Gasteiger partial charge on any atom is 0.0784 e. The summed E-state index contributed by atoms with van der Waals surface area (Å²) in [5, 5.41) is 0. The van der Waals surface area contributed by atoms with Crippen molar-refractivity contribution in [1.82, 2.24) is 0 Å². The summed E-state index contributed by atoms with van der Waals surface area (Å²) in [6, 6.07) is 0. The van der Waals surface area contributed by atoms with Gasteiger partial charge in [0.2, 0.25) is 0 Å². The molecule has 0 N–H and O–H groups in total. The van der Waals surface area contributed by atoms with Gasteiger partial charge in [0.25, 0.3) is 0 Å². The van der Waals surface area contributed by atoms with E-state index in [9.17, 15) is 0 Å². The van der Waals surface area contributed by atoms with Gasteiger partial charge in [0.15, 0.2) is 0 Å². The molecule has 0 spiro atoms. The molecular weight excluding hydrogens is 472 g/mol. The topological polar surface area (TPSA) is 0 Å². The van der Waals surface area contributed by atoms with Crippen LogP contribution < -0.4 is 0 Å². The summed E-state index contributed by atoms with van der Waals surface area (Å²) in [5.41, 5.74) is 0. The van der Waals surface area contributed by atoms with Gasteiger partial charge in [0, 0.05) is 0 Å². The highest BCUT2D eigenvalue weighted by Crippen LogP contribution is 2.15. The normalized spacial score (nSPS) is 12.0. The molecule has 0 atom stereocenters. The molecule has 0 saturated heterocycles. The maximum absolute atomic E-state index is 2.52. The summed E-state index contributed by atoms with van der Waals surface area (Å²) in [7, 11) is 5.03. The Morgan fingerprint density at radius 3 is 0.564 bits per heavy atom. The second kappa shape index (κ2) is 30.9. The zero-order chi connectivity index (χ0) is 29.5. The smallest absolute Gasteiger partial charge is 0.0784 e. The molecule has 0 saturated carbocycles. The van der Waals surface area contributed by atoms with Crippen LogP contribution in [0, 0.1) is 0 Å². The van der Waals surface area contributed by atoms with E-state index in [0.29, 0.717) is 0 Å². The largest absolute Gasteiger partial charge is 0.326 e. The lowest BCUT2D eigenvalue weighted by atomic mass is 10.1. The highest BCUT2D eigenvalue weighted by atomic mass is 15.3. The maximum atomic E-state index is 2.52. The Kier molecular flexibility index (Phi) is 32.5. The van der Waals surface area contributed by atoms with Crippen molar-refractivity contribution in [2.75, 3.05) is 53.4 Å². The fourth-order valence-electron chi connectivity index (χ4n) is 6.02. The Hall–Kier alpha value is -0.0800. The first kappa shape index (κ1) is 41.1. The van der Waals surface area contributed by atoms with Crippen molar-refractivity contribution in [3.8, 4) is 0 Å². The highest BCUT2D eigenvalue weighted by Gasteiger charge is 2.21. The zero-order valence-corrected chi connectivity index (χ0v) is 29.4. The molecule has 0 aromatic rings. The molecule has 0 amide bonds. The zero-order valence-electron chi connectivity index (χ0n) is 29.4. The van der Waals surface area contributed by atoms with Crippen LogP contribution in [0.2, 0.25) is 0 Å². The average Bonchev–Trinajstić information content (AvgIpc) is 2.93. The third-order valence-electron chi connectivity index (χ3n) is 9.06. The van der Waals surface area contributed by atoms with E-state index in [1.54, 1.807) is 0 Å². The second-order valence-corrected chi connectivity index (χ2v) is 13.6. The van der Waals surface area contributed by atoms with E-state index in [1.807, 2.05) is 0 Å². The van der Waals surface area contributed by atoms with Gasteiger partial charge in [-0.05, 0) is 77.0 Å². The number of quaternary nitrogens is 2. The molecular formula is C37H82N2+2. The Bertz CT molecular complexity index is 403. The van der Waals surface area contributed by atoms with Gasteiger partial charge < -0.3 is 8.97 Å². The molecule has 39 heavy (non-hydrogen) atoms.